The third-order valence-corrected chi connectivity index (χ3v) is 2.57. The largest absolute Gasteiger partial charge is 0.382 e. The van der Waals surface area contributed by atoms with Crippen molar-refractivity contribution in [1.82, 2.24) is 4.98 Å². The van der Waals surface area contributed by atoms with Crippen LogP contribution in [0.4, 0.5) is 15.9 Å². The van der Waals surface area contributed by atoms with Crippen LogP contribution in [0.15, 0.2) is 42.6 Å². The van der Waals surface area contributed by atoms with Crippen molar-refractivity contribution in [1.29, 1.82) is 0 Å². The van der Waals surface area contributed by atoms with Gasteiger partial charge >= 0.3 is 0 Å². The average molecular weight is 273 g/mol. The Bertz CT molecular complexity index is 579. The number of aromatic nitrogens is 1. The highest BCUT2D eigenvalue weighted by Gasteiger charge is 2.06. The SMILES string of the molecule is CC(C)Nc1ccc(NC(=O)c2ccc(F)cc2)nc1. The van der Waals surface area contributed by atoms with Gasteiger partial charge in [-0.05, 0) is 50.2 Å². The van der Waals surface area contributed by atoms with Crippen LogP contribution in [0.3, 0.4) is 0 Å². The van der Waals surface area contributed by atoms with Gasteiger partial charge in [-0.25, -0.2) is 9.37 Å². The van der Waals surface area contributed by atoms with Gasteiger partial charge in [-0.2, -0.15) is 0 Å². The number of hydrogen-bond donors (Lipinski definition) is 2. The van der Waals surface area contributed by atoms with Gasteiger partial charge in [-0.15, -0.1) is 0 Å². The number of hydrogen-bond acceptors (Lipinski definition) is 3. The first-order valence-corrected chi connectivity index (χ1v) is 6.34. The van der Waals surface area contributed by atoms with Crippen LogP contribution in [-0.4, -0.2) is 16.9 Å². The predicted octanol–water partition coefficient (Wildman–Crippen LogP) is 3.29. The van der Waals surface area contributed by atoms with Gasteiger partial charge in [0.1, 0.15) is 11.6 Å². The molecule has 0 atom stereocenters. The minimum absolute atomic E-state index is 0.316. The van der Waals surface area contributed by atoms with Crippen molar-refractivity contribution >= 4 is 17.4 Å². The number of nitrogens with one attached hydrogen (secondary N) is 2. The molecular weight excluding hydrogens is 257 g/mol. The second-order valence-electron chi connectivity index (χ2n) is 4.69. The summed E-state index contributed by atoms with van der Waals surface area (Å²) in [5, 5.41) is 5.86. The van der Waals surface area contributed by atoms with Gasteiger partial charge in [-0.1, -0.05) is 0 Å². The van der Waals surface area contributed by atoms with E-state index >= 15 is 0 Å². The molecule has 20 heavy (non-hydrogen) atoms. The summed E-state index contributed by atoms with van der Waals surface area (Å²) in [5.41, 5.74) is 1.28. The molecule has 1 aromatic heterocycles. The van der Waals surface area contributed by atoms with E-state index in [4.69, 9.17) is 0 Å². The molecule has 0 saturated carbocycles. The van der Waals surface area contributed by atoms with Gasteiger partial charge in [0, 0.05) is 11.6 Å². The summed E-state index contributed by atoms with van der Waals surface area (Å²) in [6.45, 7) is 4.06. The molecular formula is C15H16FN3O. The molecule has 0 bridgehead atoms. The van der Waals surface area contributed by atoms with Crippen molar-refractivity contribution in [2.24, 2.45) is 0 Å². The lowest BCUT2D eigenvalue weighted by Gasteiger charge is -2.10. The fourth-order valence-electron chi connectivity index (χ4n) is 1.68. The number of amides is 1. The van der Waals surface area contributed by atoms with Crippen LogP contribution < -0.4 is 10.6 Å². The molecule has 2 aromatic rings. The third kappa shape index (κ3) is 3.78. The number of rotatable bonds is 4. The Hall–Kier alpha value is -2.43. The normalized spacial score (nSPS) is 10.4. The first-order chi connectivity index (χ1) is 9.54. The van der Waals surface area contributed by atoms with Crippen LogP contribution >= 0.6 is 0 Å². The van der Waals surface area contributed by atoms with Crippen molar-refractivity contribution in [2.75, 3.05) is 10.6 Å². The van der Waals surface area contributed by atoms with E-state index in [-0.39, 0.29) is 11.7 Å². The quantitative estimate of drug-likeness (QED) is 0.898. The third-order valence-electron chi connectivity index (χ3n) is 2.57. The van der Waals surface area contributed by atoms with Gasteiger partial charge < -0.3 is 10.6 Å². The number of benzene rings is 1. The van der Waals surface area contributed by atoms with E-state index in [0.29, 0.717) is 17.4 Å². The van der Waals surface area contributed by atoms with E-state index in [1.165, 1.54) is 24.3 Å². The fraction of sp³-hybridized carbons (Fsp3) is 0.200. The van der Waals surface area contributed by atoms with E-state index in [1.54, 1.807) is 12.3 Å². The summed E-state index contributed by atoms with van der Waals surface area (Å²) < 4.78 is 12.8. The highest BCUT2D eigenvalue weighted by Crippen LogP contribution is 2.12. The van der Waals surface area contributed by atoms with Crippen molar-refractivity contribution < 1.29 is 9.18 Å². The summed E-state index contributed by atoms with van der Waals surface area (Å²) in [7, 11) is 0. The summed E-state index contributed by atoms with van der Waals surface area (Å²) in [4.78, 5) is 16.0. The highest BCUT2D eigenvalue weighted by molar-refractivity contribution is 6.03. The second kappa shape index (κ2) is 6.14. The molecule has 0 saturated heterocycles. The number of anilines is 2. The molecule has 104 valence electrons. The van der Waals surface area contributed by atoms with E-state index in [2.05, 4.69) is 15.6 Å². The molecule has 1 heterocycles. The van der Waals surface area contributed by atoms with Crippen LogP contribution in [0, 0.1) is 5.82 Å². The zero-order chi connectivity index (χ0) is 14.5. The average Bonchev–Trinajstić information content (AvgIpc) is 2.41. The Morgan fingerprint density at radius 3 is 2.40 bits per heavy atom. The standard InChI is InChI=1S/C15H16FN3O/c1-10(2)18-13-7-8-14(17-9-13)19-15(20)11-3-5-12(16)6-4-11/h3-10,18H,1-2H3,(H,17,19,20). The maximum absolute atomic E-state index is 12.8. The molecule has 0 fully saturated rings. The summed E-state index contributed by atoms with van der Waals surface area (Å²) in [6, 6.07) is 9.23. The van der Waals surface area contributed by atoms with E-state index in [0.717, 1.165) is 5.69 Å². The lowest BCUT2D eigenvalue weighted by molar-refractivity contribution is 0.102. The number of carbonyl (C=O) groups is 1. The highest BCUT2D eigenvalue weighted by atomic mass is 19.1. The van der Waals surface area contributed by atoms with Crippen LogP contribution in [0.1, 0.15) is 24.2 Å². The van der Waals surface area contributed by atoms with Crippen LogP contribution in [-0.2, 0) is 0 Å². The van der Waals surface area contributed by atoms with Gasteiger partial charge in [0.2, 0.25) is 0 Å². The molecule has 0 aliphatic heterocycles. The monoisotopic (exact) mass is 273 g/mol. The maximum atomic E-state index is 12.8. The first kappa shape index (κ1) is 14.0. The van der Waals surface area contributed by atoms with Crippen molar-refractivity contribution in [3.8, 4) is 0 Å². The molecule has 0 spiro atoms. The molecule has 1 amide bonds. The minimum Gasteiger partial charge on any atom is -0.382 e. The zero-order valence-electron chi connectivity index (χ0n) is 11.4. The predicted molar refractivity (Wildman–Crippen MR) is 77.3 cm³/mol. The van der Waals surface area contributed by atoms with Crippen LogP contribution in [0.2, 0.25) is 0 Å². The Balaban J connectivity index is 2.02. The van der Waals surface area contributed by atoms with Gasteiger partial charge in [0.05, 0.1) is 11.9 Å². The second-order valence-corrected chi connectivity index (χ2v) is 4.69. The Kier molecular flexibility index (Phi) is 4.30. The molecule has 1 aromatic carbocycles. The van der Waals surface area contributed by atoms with Crippen molar-refractivity contribution in [3.63, 3.8) is 0 Å². The molecule has 0 unspecified atom stereocenters. The van der Waals surface area contributed by atoms with Gasteiger partial charge in [0.15, 0.2) is 0 Å². The molecule has 0 aliphatic rings. The summed E-state index contributed by atoms with van der Waals surface area (Å²) in [6.07, 6.45) is 1.65. The van der Waals surface area contributed by atoms with Crippen LogP contribution in [0.5, 0.6) is 0 Å². The molecule has 0 radical (unpaired) electrons. The lowest BCUT2D eigenvalue weighted by Crippen LogP contribution is -2.13. The topological polar surface area (TPSA) is 54.0 Å². The van der Waals surface area contributed by atoms with E-state index in [9.17, 15) is 9.18 Å². The summed E-state index contributed by atoms with van der Waals surface area (Å²) >= 11 is 0. The zero-order valence-corrected chi connectivity index (χ0v) is 11.4. The van der Waals surface area contributed by atoms with E-state index < -0.39 is 0 Å². The smallest absolute Gasteiger partial charge is 0.256 e. The molecule has 5 heteroatoms. The lowest BCUT2D eigenvalue weighted by atomic mass is 10.2. The molecule has 0 aliphatic carbocycles. The maximum Gasteiger partial charge on any atom is 0.256 e. The van der Waals surface area contributed by atoms with Gasteiger partial charge in [0.25, 0.3) is 5.91 Å². The Morgan fingerprint density at radius 2 is 1.85 bits per heavy atom. The van der Waals surface area contributed by atoms with Crippen molar-refractivity contribution in [2.45, 2.75) is 19.9 Å². The molecule has 2 rings (SSSR count). The van der Waals surface area contributed by atoms with Gasteiger partial charge in [-0.3, -0.25) is 4.79 Å². The van der Waals surface area contributed by atoms with Crippen molar-refractivity contribution in [3.05, 3.63) is 54.0 Å². The molecule has 2 N–H and O–H groups in total. The first-order valence-electron chi connectivity index (χ1n) is 6.34. The number of halogens is 1. The molecule has 4 nitrogen and oxygen atoms in total. The van der Waals surface area contributed by atoms with Crippen LogP contribution in [0.25, 0.3) is 0 Å². The number of nitrogens with zero attached hydrogens (tertiary/aromatic N) is 1. The number of carbonyl (C=O) groups excluding carboxylic acids is 1. The Labute approximate surface area is 117 Å². The van der Waals surface area contributed by atoms with E-state index in [1.807, 2.05) is 19.9 Å². The minimum atomic E-state index is -0.371. The fourth-order valence-corrected chi connectivity index (χ4v) is 1.68. The number of pyridine rings is 1. The summed E-state index contributed by atoms with van der Waals surface area (Å²) in [5.74, 6) is -0.237. The Morgan fingerprint density at radius 1 is 1.15 bits per heavy atom.